The first-order chi connectivity index (χ1) is 9.54. The summed E-state index contributed by atoms with van der Waals surface area (Å²) in [6.45, 7) is 2.02. The van der Waals surface area contributed by atoms with Crippen molar-refractivity contribution in [1.29, 1.82) is 0 Å². The van der Waals surface area contributed by atoms with Gasteiger partial charge in [-0.3, -0.25) is 4.79 Å². The third-order valence-electron chi connectivity index (χ3n) is 2.93. The van der Waals surface area contributed by atoms with Crippen molar-refractivity contribution in [3.05, 3.63) is 64.1 Å². The van der Waals surface area contributed by atoms with Crippen LogP contribution in [0.15, 0.2) is 53.0 Å². The quantitative estimate of drug-likeness (QED) is 0.745. The van der Waals surface area contributed by atoms with Crippen molar-refractivity contribution < 1.29 is 4.79 Å². The Balaban J connectivity index is 1.94. The van der Waals surface area contributed by atoms with Crippen LogP contribution < -0.4 is 5.32 Å². The van der Waals surface area contributed by atoms with Gasteiger partial charge in [-0.05, 0) is 43.2 Å². The summed E-state index contributed by atoms with van der Waals surface area (Å²) in [4.78, 5) is 11.9. The molecule has 0 aliphatic rings. The number of rotatable bonds is 4. The van der Waals surface area contributed by atoms with Crippen molar-refractivity contribution in [1.82, 2.24) is 0 Å². The van der Waals surface area contributed by atoms with E-state index in [-0.39, 0.29) is 10.7 Å². The second-order valence-corrected chi connectivity index (χ2v) is 6.67. The van der Waals surface area contributed by atoms with Gasteiger partial charge in [0.25, 0.3) is 0 Å². The number of benzene rings is 2. The third-order valence-corrected chi connectivity index (χ3v) is 4.20. The maximum Gasteiger partial charge on any atom is 0.238 e. The van der Waals surface area contributed by atoms with Crippen LogP contribution in [0.3, 0.4) is 0 Å². The molecule has 2 nitrogen and oxygen atoms in total. The number of nitrogens with one attached hydrogen (secondary N) is 1. The molecule has 0 unspecified atom stereocenters. The summed E-state index contributed by atoms with van der Waals surface area (Å²) in [7, 11) is 0. The zero-order valence-electron chi connectivity index (χ0n) is 11.1. The van der Waals surface area contributed by atoms with E-state index in [9.17, 15) is 4.79 Å². The summed E-state index contributed by atoms with van der Waals surface area (Å²) in [5.41, 5.74) is 3.11. The largest absolute Gasteiger partial charge is 0.325 e. The van der Waals surface area contributed by atoms with Crippen LogP contribution in [0.25, 0.3) is 0 Å². The molecule has 1 amide bonds. The van der Waals surface area contributed by atoms with E-state index in [0.717, 1.165) is 15.7 Å². The van der Waals surface area contributed by atoms with Crippen LogP contribution in [0.4, 0.5) is 5.69 Å². The first kappa shape index (κ1) is 15.3. The summed E-state index contributed by atoms with van der Waals surface area (Å²) in [6.07, 6.45) is 0.658. The molecule has 1 atom stereocenters. The minimum atomic E-state index is -0.245. The molecule has 0 fully saturated rings. The number of hydrogen-bond acceptors (Lipinski definition) is 1. The van der Waals surface area contributed by atoms with Crippen LogP contribution in [0.1, 0.15) is 11.1 Å². The monoisotopic (exact) mass is 395 g/mol. The fourth-order valence-electron chi connectivity index (χ4n) is 1.78. The molecule has 0 aliphatic heterocycles. The van der Waals surface area contributed by atoms with Crippen LogP contribution in [-0.2, 0) is 11.2 Å². The number of carbonyl (C=O) groups excluding carboxylic acids is 1. The molecule has 0 heterocycles. The van der Waals surface area contributed by atoms with Crippen LogP contribution in [-0.4, -0.2) is 10.7 Å². The van der Waals surface area contributed by atoms with E-state index >= 15 is 0 Å². The van der Waals surface area contributed by atoms with Gasteiger partial charge in [-0.2, -0.15) is 0 Å². The molecule has 2 rings (SSSR count). The Hall–Kier alpha value is -1.13. The van der Waals surface area contributed by atoms with Gasteiger partial charge in [-0.1, -0.05) is 61.7 Å². The van der Waals surface area contributed by atoms with Gasteiger partial charge in [0.2, 0.25) is 5.91 Å². The molecular formula is C16H15Br2NO. The average molecular weight is 397 g/mol. The van der Waals surface area contributed by atoms with E-state index in [4.69, 9.17) is 0 Å². The molecule has 0 bridgehead atoms. The molecule has 1 N–H and O–H groups in total. The Labute approximate surface area is 135 Å². The number of anilines is 1. The van der Waals surface area contributed by atoms with E-state index in [2.05, 4.69) is 37.2 Å². The van der Waals surface area contributed by atoms with Gasteiger partial charge in [0.05, 0.1) is 4.83 Å². The second kappa shape index (κ2) is 7.04. The summed E-state index contributed by atoms with van der Waals surface area (Å²) in [6, 6.07) is 15.8. The molecule has 0 radical (unpaired) electrons. The molecule has 2 aromatic rings. The maximum absolute atomic E-state index is 12.1. The van der Waals surface area contributed by atoms with Crippen LogP contribution in [0.5, 0.6) is 0 Å². The van der Waals surface area contributed by atoms with Crippen molar-refractivity contribution in [2.75, 3.05) is 5.32 Å². The lowest BCUT2D eigenvalue weighted by molar-refractivity contribution is -0.115. The number of amides is 1. The molecule has 104 valence electrons. The molecule has 2 aromatic carbocycles. The molecular weight excluding hydrogens is 382 g/mol. The van der Waals surface area contributed by atoms with Crippen molar-refractivity contribution >= 4 is 43.5 Å². The van der Waals surface area contributed by atoms with Gasteiger partial charge in [0.1, 0.15) is 0 Å². The molecule has 0 saturated heterocycles. The van der Waals surface area contributed by atoms with Gasteiger partial charge in [-0.15, -0.1) is 0 Å². The number of hydrogen-bond donors (Lipinski definition) is 1. The lowest BCUT2D eigenvalue weighted by Gasteiger charge is -2.11. The Bertz CT molecular complexity index is 578. The zero-order valence-corrected chi connectivity index (χ0v) is 14.2. The summed E-state index contributed by atoms with van der Waals surface area (Å²) in [5.74, 6) is -0.0308. The molecule has 0 aliphatic carbocycles. The first-order valence-corrected chi connectivity index (χ1v) is 8.01. The van der Waals surface area contributed by atoms with E-state index in [1.807, 2.05) is 55.5 Å². The Kier molecular flexibility index (Phi) is 5.38. The lowest BCUT2D eigenvalue weighted by atomic mass is 10.1. The van der Waals surface area contributed by atoms with E-state index in [0.29, 0.717) is 6.42 Å². The van der Waals surface area contributed by atoms with Gasteiger partial charge in [0, 0.05) is 10.2 Å². The topological polar surface area (TPSA) is 29.1 Å². The average Bonchev–Trinajstić information content (AvgIpc) is 2.44. The van der Waals surface area contributed by atoms with E-state index in [1.54, 1.807) is 0 Å². The fraction of sp³-hybridized carbons (Fsp3) is 0.188. The summed E-state index contributed by atoms with van der Waals surface area (Å²) < 4.78 is 1.04. The highest BCUT2D eigenvalue weighted by Gasteiger charge is 2.15. The van der Waals surface area contributed by atoms with E-state index < -0.39 is 0 Å². The highest BCUT2D eigenvalue weighted by Crippen LogP contribution is 2.16. The van der Waals surface area contributed by atoms with Crippen LogP contribution in [0, 0.1) is 6.92 Å². The normalized spacial score (nSPS) is 11.9. The molecule has 0 saturated carbocycles. The Morgan fingerprint density at radius 2 is 1.70 bits per heavy atom. The minimum Gasteiger partial charge on any atom is -0.325 e. The minimum absolute atomic E-state index is 0.0308. The SMILES string of the molecule is Cc1ccc(NC(=O)[C@@H](Br)Cc2ccc(Br)cc2)cc1. The van der Waals surface area contributed by atoms with E-state index in [1.165, 1.54) is 5.56 Å². The van der Waals surface area contributed by atoms with Gasteiger partial charge >= 0.3 is 0 Å². The maximum atomic E-state index is 12.1. The highest BCUT2D eigenvalue weighted by molar-refractivity contribution is 9.10. The number of halogens is 2. The predicted molar refractivity (Wildman–Crippen MR) is 90.4 cm³/mol. The van der Waals surface area contributed by atoms with Gasteiger partial charge < -0.3 is 5.32 Å². The number of aryl methyl sites for hydroxylation is 1. The van der Waals surface area contributed by atoms with Gasteiger partial charge in [0.15, 0.2) is 0 Å². The molecule has 4 heteroatoms. The van der Waals surface area contributed by atoms with Gasteiger partial charge in [-0.25, -0.2) is 0 Å². The summed E-state index contributed by atoms with van der Waals surface area (Å²) >= 11 is 6.85. The first-order valence-electron chi connectivity index (χ1n) is 6.30. The highest BCUT2D eigenvalue weighted by atomic mass is 79.9. The van der Waals surface area contributed by atoms with Crippen molar-refractivity contribution in [3.8, 4) is 0 Å². The Morgan fingerprint density at radius 3 is 2.30 bits per heavy atom. The Morgan fingerprint density at radius 1 is 1.10 bits per heavy atom. The zero-order chi connectivity index (χ0) is 14.5. The molecule has 20 heavy (non-hydrogen) atoms. The van der Waals surface area contributed by atoms with Crippen molar-refractivity contribution in [2.24, 2.45) is 0 Å². The van der Waals surface area contributed by atoms with Crippen LogP contribution >= 0.6 is 31.9 Å². The predicted octanol–water partition coefficient (Wildman–Crippen LogP) is 4.70. The molecule has 0 spiro atoms. The number of alkyl halides is 1. The van der Waals surface area contributed by atoms with Crippen LogP contribution in [0.2, 0.25) is 0 Å². The van der Waals surface area contributed by atoms with Crippen molar-refractivity contribution in [3.63, 3.8) is 0 Å². The molecule has 0 aromatic heterocycles. The smallest absolute Gasteiger partial charge is 0.238 e. The lowest BCUT2D eigenvalue weighted by Crippen LogP contribution is -2.24. The summed E-state index contributed by atoms with van der Waals surface area (Å²) in [5, 5.41) is 2.91. The third kappa shape index (κ3) is 4.46. The van der Waals surface area contributed by atoms with Crippen molar-refractivity contribution in [2.45, 2.75) is 18.2 Å². The fourth-order valence-corrected chi connectivity index (χ4v) is 2.53. The number of carbonyl (C=O) groups is 1. The second-order valence-electron chi connectivity index (χ2n) is 4.65. The standard InChI is InChI=1S/C16H15Br2NO/c1-11-2-8-14(9-3-11)19-16(20)15(18)10-12-4-6-13(17)7-5-12/h2-9,15H,10H2,1H3,(H,19,20)/t15-/m0/s1.